The molecule has 1 atom stereocenters. The number of amides is 1. The lowest BCUT2D eigenvalue weighted by Crippen LogP contribution is -2.29. The lowest BCUT2D eigenvalue weighted by molar-refractivity contribution is 0.103. The van der Waals surface area contributed by atoms with Crippen LogP contribution in [0.5, 0.6) is 0 Å². The van der Waals surface area contributed by atoms with E-state index in [1.807, 2.05) is 47.0 Å². The molecule has 1 aliphatic rings. The number of thioether (sulfide) groups is 1. The summed E-state index contributed by atoms with van der Waals surface area (Å²) in [7, 11) is 0. The van der Waals surface area contributed by atoms with Gasteiger partial charge in [-0.05, 0) is 23.7 Å². The molecular weight excluding hydrogens is 272 g/mol. The van der Waals surface area contributed by atoms with E-state index >= 15 is 0 Å². The van der Waals surface area contributed by atoms with Crippen LogP contribution in [0.2, 0.25) is 0 Å². The maximum absolute atomic E-state index is 12.0. The summed E-state index contributed by atoms with van der Waals surface area (Å²) in [6.45, 7) is 2.69. The predicted molar refractivity (Wildman–Crippen MR) is 82.7 cm³/mol. The number of ether oxygens (including phenoxy) is 1. The first-order valence-corrected chi connectivity index (χ1v) is 8.18. The van der Waals surface area contributed by atoms with Crippen LogP contribution < -0.4 is 5.73 Å². The highest BCUT2D eigenvalue weighted by Crippen LogP contribution is 2.21. The molecule has 0 unspecified atom stereocenters. The predicted octanol–water partition coefficient (Wildman–Crippen LogP) is 2.34. The van der Waals surface area contributed by atoms with Gasteiger partial charge >= 0.3 is 6.09 Å². The van der Waals surface area contributed by atoms with Crippen molar-refractivity contribution < 1.29 is 9.53 Å². The lowest BCUT2D eigenvalue weighted by atomic mass is 10.2. The largest absolute Gasteiger partial charge is 0.445 e. The molecule has 1 aromatic rings. The van der Waals surface area contributed by atoms with Crippen molar-refractivity contribution in [2.45, 2.75) is 13.0 Å². The summed E-state index contributed by atoms with van der Waals surface area (Å²) >= 11 is 1.87. The molecule has 0 radical (unpaired) electrons. The zero-order valence-corrected chi connectivity index (χ0v) is 12.5. The molecule has 1 heterocycles. The van der Waals surface area contributed by atoms with Crippen LogP contribution in [-0.4, -0.2) is 42.1 Å². The Morgan fingerprint density at radius 1 is 1.40 bits per heavy atom. The SMILES string of the molecule is NCCSC[C@H]1CCN(C(=O)OCc2ccccc2)C1. The number of carbonyl (C=O) groups is 1. The van der Waals surface area contributed by atoms with Gasteiger partial charge in [0.25, 0.3) is 0 Å². The van der Waals surface area contributed by atoms with Crippen molar-refractivity contribution in [1.82, 2.24) is 4.90 Å². The number of hydrogen-bond donors (Lipinski definition) is 1. The molecule has 1 amide bonds. The first-order valence-electron chi connectivity index (χ1n) is 7.03. The van der Waals surface area contributed by atoms with Crippen molar-refractivity contribution in [2.75, 3.05) is 31.1 Å². The molecule has 0 saturated carbocycles. The van der Waals surface area contributed by atoms with Crippen LogP contribution >= 0.6 is 11.8 Å². The molecule has 4 nitrogen and oxygen atoms in total. The summed E-state index contributed by atoms with van der Waals surface area (Å²) in [5.74, 6) is 2.66. The second kappa shape index (κ2) is 8.17. The molecule has 1 saturated heterocycles. The number of carbonyl (C=O) groups excluding carboxylic acids is 1. The Labute approximate surface area is 124 Å². The molecule has 1 aromatic carbocycles. The minimum atomic E-state index is -0.194. The molecular formula is C15H22N2O2S. The zero-order chi connectivity index (χ0) is 14.2. The van der Waals surface area contributed by atoms with Crippen LogP contribution in [0.25, 0.3) is 0 Å². The number of likely N-dealkylation sites (tertiary alicyclic amines) is 1. The fourth-order valence-electron chi connectivity index (χ4n) is 2.28. The van der Waals surface area contributed by atoms with E-state index in [9.17, 15) is 4.79 Å². The van der Waals surface area contributed by atoms with Crippen molar-refractivity contribution in [1.29, 1.82) is 0 Å². The Morgan fingerprint density at radius 2 is 2.20 bits per heavy atom. The highest BCUT2D eigenvalue weighted by Gasteiger charge is 2.26. The fourth-order valence-corrected chi connectivity index (χ4v) is 3.22. The fraction of sp³-hybridized carbons (Fsp3) is 0.533. The number of hydrogen-bond acceptors (Lipinski definition) is 4. The third kappa shape index (κ3) is 4.72. The van der Waals surface area contributed by atoms with Gasteiger partial charge in [0.15, 0.2) is 0 Å². The van der Waals surface area contributed by atoms with Gasteiger partial charge < -0.3 is 15.4 Å². The number of rotatable bonds is 6. The molecule has 0 aromatic heterocycles. The zero-order valence-electron chi connectivity index (χ0n) is 11.7. The molecule has 110 valence electrons. The van der Waals surface area contributed by atoms with Gasteiger partial charge in [-0.15, -0.1) is 0 Å². The first kappa shape index (κ1) is 15.2. The van der Waals surface area contributed by atoms with E-state index in [1.54, 1.807) is 0 Å². The van der Waals surface area contributed by atoms with Gasteiger partial charge in [-0.1, -0.05) is 30.3 Å². The van der Waals surface area contributed by atoms with Gasteiger partial charge in [0.05, 0.1) is 0 Å². The van der Waals surface area contributed by atoms with E-state index in [4.69, 9.17) is 10.5 Å². The molecule has 1 aliphatic heterocycles. The smallest absolute Gasteiger partial charge is 0.410 e. The minimum Gasteiger partial charge on any atom is -0.445 e. The summed E-state index contributed by atoms with van der Waals surface area (Å²) in [4.78, 5) is 13.8. The van der Waals surface area contributed by atoms with Gasteiger partial charge in [-0.3, -0.25) is 0 Å². The third-order valence-electron chi connectivity index (χ3n) is 3.36. The average molecular weight is 294 g/mol. The number of nitrogens with two attached hydrogens (primary N) is 1. The summed E-state index contributed by atoms with van der Waals surface area (Å²) in [5, 5.41) is 0. The van der Waals surface area contributed by atoms with Gasteiger partial charge in [0, 0.05) is 25.4 Å². The van der Waals surface area contributed by atoms with Crippen LogP contribution in [-0.2, 0) is 11.3 Å². The van der Waals surface area contributed by atoms with Crippen LogP contribution in [0.1, 0.15) is 12.0 Å². The normalized spacial score (nSPS) is 18.2. The van der Waals surface area contributed by atoms with Gasteiger partial charge in [-0.2, -0.15) is 11.8 Å². The van der Waals surface area contributed by atoms with E-state index < -0.39 is 0 Å². The Kier molecular flexibility index (Phi) is 6.21. The number of nitrogens with zero attached hydrogens (tertiary/aromatic N) is 1. The molecule has 2 N–H and O–H groups in total. The molecule has 0 aliphatic carbocycles. The van der Waals surface area contributed by atoms with E-state index in [2.05, 4.69) is 0 Å². The molecule has 5 heteroatoms. The lowest BCUT2D eigenvalue weighted by Gasteiger charge is -2.16. The average Bonchev–Trinajstić information content (AvgIpc) is 2.95. The molecule has 0 bridgehead atoms. The Bertz CT molecular complexity index is 414. The minimum absolute atomic E-state index is 0.194. The summed E-state index contributed by atoms with van der Waals surface area (Å²) in [5.41, 5.74) is 6.50. The van der Waals surface area contributed by atoms with Gasteiger partial charge in [-0.25, -0.2) is 4.79 Å². The highest BCUT2D eigenvalue weighted by molar-refractivity contribution is 7.99. The number of benzene rings is 1. The van der Waals surface area contributed by atoms with Crippen molar-refractivity contribution in [2.24, 2.45) is 11.7 Å². The maximum Gasteiger partial charge on any atom is 0.410 e. The molecule has 20 heavy (non-hydrogen) atoms. The highest BCUT2D eigenvalue weighted by atomic mass is 32.2. The Morgan fingerprint density at radius 3 is 2.95 bits per heavy atom. The van der Waals surface area contributed by atoms with Crippen molar-refractivity contribution in [3.8, 4) is 0 Å². The topological polar surface area (TPSA) is 55.6 Å². The van der Waals surface area contributed by atoms with Gasteiger partial charge in [0.1, 0.15) is 6.61 Å². The van der Waals surface area contributed by atoms with Crippen molar-refractivity contribution in [3.63, 3.8) is 0 Å². The monoisotopic (exact) mass is 294 g/mol. The molecule has 0 spiro atoms. The van der Waals surface area contributed by atoms with Crippen LogP contribution in [0.15, 0.2) is 30.3 Å². The van der Waals surface area contributed by atoms with Crippen molar-refractivity contribution >= 4 is 17.9 Å². The van der Waals surface area contributed by atoms with Gasteiger partial charge in [0.2, 0.25) is 0 Å². The van der Waals surface area contributed by atoms with E-state index in [1.165, 1.54) is 0 Å². The standard InChI is InChI=1S/C15H22N2O2S/c16-7-9-20-12-14-6-8-17(10-14)15(18)19-11-13-4-2-1-3-5-13/h1-5,14H,6-12,16H2/t14-/m0/s1. The summed E-state index contributed by atoms with van der Waals surface area (Å²) in [6, 6.07) is 9.77. The molecule has 2 rings (SSSR count). The third-order valence-corrected chi connectivity index (χ3v) is 4.60. The van der Waals surface area contributed by atoms with Crippen molar-refractivity contribution in [3.05, 3.63) is 35.9 Å². The van der Waals surface area contributed by atoms with Crippen LogP contribution in [0, 0.1) is 5.92 Å². The second-order valence-corrected chi connectivity index (χ2v) is 6.15. The van der Waals surface area contributed by atoms with E-state index in [0.717, 1.165) is 43.1 Å². The van der Waals surface area contributed by atoms with Crippen LogP contribution in [0.3, 0.4) is 0 Å². The summed E-state index contributed by atoms with van der Waals surface area (Å²) in [6.07, 6.45) is 0.873. The maximum atomic E-state index is 12.0. The first-order chi connectivity index (χ1) is 9.79. The van der Waals surface area contributed by atoms with Crippen LogP contribution in [0.4, 0.5) is 4.79 Å². The second-order valence-electron chi connectivity index (χ2n) is 5.00. The Hall–Kier alpha value is -1.20. The van der Waals surface area contributed by atoms with E-state index in [-0.39, 0.29) is 6.09 Å². The quantitative estimate of drug-likeness (QED) is 0.818. The van der Waals surface area contributed by atoms with E-state index in [0.29, 0.717) is 12.5 Å². The molecule has 1 fully saturated rings. The summed E-state index contributed by atoms with van der Waals surface area (Å²) < 4.78 is 5.35. The Balaban J connectivity index is 1.69.